The first-order valence-electron chi connectivity index (χ1n) is 5.78. The van der Waals surface area contributed by atoms with Crippen LogP contribution < -0.4 is 0 Å². The van der Waals surface area contributed by atoms with Crippen LogP contribution in [0.15, 0.2) is 18.3 Å². The van der Waals surface area contributed by atoms with Gasteiger partial charge in [-0.05, 0) is 38.3 Å². The Hall–Kier alpha value is -1.42. The Bertz CT molecular complexity index is 500. The van der Waals surface area contributed by atoms with Gasteiger partial charge in [0.1, 0.15) is 0 Å². The minimum absolute atomic E-state index is 0.0693. The van der Waals surface area contributed by atoms with Gasteiger partial charge in [0.05, 0.1) is 5.69 Å². The van der Waals surface area contributed by atoms with Crippen LogP contribution in [-0.2, 0) is 4.74 Å². The molecule has 0 spiro atoms. The summed E-state index contributed by atoms with van der Waals surface area (Å²) in [6.07, 6.45) is 5.27. The van der Waals surface area contributed by atoms with Crippen molar-refractivity contribution in [2.24, 2.45) is 0 Å². The number of pyridine rings is 1. The van der Waals surface area contributed by atoms with Crippen molar-refractivity contribution in [3.05, 3.63) is 24.0 Å². The van der Waals surface area contributed by atoms with E-state index < -0.39 is 0 Å². The van der Waals surface area contributed by atoms with E-state index >= 15 is 0 Å². The maximum atomic E-state index is 5.75. The number of hydrogen-bond donors (Lipinski definition) is 0. The fraction of sp³-hybridized carbons (Fsp3) is 0.500. The molecule has 3 heterocycles. The van der Waals surface area contributed by atoms with Crippen LogP contribution in [0.5, 0.6) is 0 Å². The third-order valence-corrected chi connectivity index (χ3v) is 3.08. The first-order chi connectivity index (χ1) is 7.86. The molecule has 0 radical (unpaired) electrons. The Balaban J connectivity index is 2.08. The van der Waals surface area contributed by atoms with Gasteiger partial charge in [0.2, 0.25) is 0 Å². The van der Waals surface area contributed by atoms with Gasteiger partial charge in [-0.3, -0.25) is 0 Å². The molecule has 0 bridgehead atoms. The predicted octanol–water partition coefficient (Wildman–Crippen LogP) is 2.44. The van der Waals surface area contributed by atoms with E-state index in [2.05, 4.69) is 16.1 Å². The first kappa shape index (κ1) is 9.78. The summed E-state index contributed by atoms with van der Waals surface area (Å²) in [4.78, 5) is 4.40. The summed E-state index contributed by atoms with van der Waals surface area (Å²) < 4.78 is 7.68. The van der Waals surface area contributed by atoms with E-state index in [-0.39, 0.29) is 6.23 Å². The molecule has 0 aliphatic carbocycles. The molecule has 1 aliphatic heterocycles. The Morgan fingerprint density at radius 2 is 2.38 bits per heavy atom. The molecule has 1 atom stereocenters. The average Bonchev–Trinajstić information content (AvgIpc) is 2.69. The zero-order chi connectivity index (χ0) is 11.0. The van der Waals surface area contributed by atoms with Gasteiger partial charge in [-0.2, -0.15) is 5.10 Å². The lowest BCUT2D eigenvalue weighted by Gasteiger charge is -2.22. The molecule has 4 heteroatoms. The topological polar surface area (TPSA) is 39.9 Å². The summed E-state index contributed by atoms with van der Waals surface area (Å²) in [6.45, 7) is 2.85. The van der Waals surface area contributed by atoms with Crippen molar-refractivity contribution in [2.75, 3.05) is 6.61 Å². The highest BCUT2D eigenvalue weighted by Gasteiger charge is 2.20. The fourth-order valence-electron chi connectivity index (χ4n) is 2.24. The number of hydrogen-bond acceptors (Lipinski definition) is 3. The van der Waals surface area contributed by atoms with Gasteiger partial charge >= 0.3 is 0 Å². The molecule has 16 heavy (non-hydrogen) atoms. The maximum Gasteiger partial charge on any atom is 0.160 e. The maximum absolute atomic E-state index is 5.75. The zero-order valence-corrected chi connectivity index (χ0v) is 9.39. The predicted molar refractivity (Wildman–Crippen MR) is 61.1 cm³/mol. The molecule has 2 aromatic rings. The minimum atomic E-state index is 0.0693. The lowest BCUT2D eigenvalue weighted by molar-refractivity contribution is -0.0371. The molecule has 0 saturated carbocycles. The number of aryl methyl sites for hydroxylation is 1. The van der Waals surface area contributed by atoms with Crippen LogP contribution in [0.1, 0.15) is 31.2 Å². The number of aromatic nitrogens is 3. The van der Waals surface area contributed by atoms with E-state index in [0.29, 0.717) is 0 Å². The van der Waals surface area contributed by atoms with Crippen LogP contribution in [-0.4, -0.2) is 21.4 Å². The molecule has 0 aromatic carbocycles. The molecule has 0 amide bonds. The molecule has 3 rings (SSSR count). The van der Waals surface area contributed by atoms with Gasteiger partial charge in [0, 0.05) is 18.2 Å². The molecule has 1 unspecified atom stereocenters. The Morgan fingerprint density at radius 1 is 1.44 bits per heavy atom. The van der Waals surface area contributed by atoms with E-state index in [1.807, 2.05) is 23.9 Å². The van der Waals surface area contributed by atoms with Crippen molar-refractivity contribution < 1.29 is 4.74 Å². The van der Waals surface area contributed by atoms with Crippen LogP contribution >= 0.6 is 0 Å². The zero-order valence-electron chi connectivity index (χ0n) is 9.39. The quantitative estimate of drug-likeness (QED) is 0.736. The normalized spacial score (nSPS) is 21.4. The second kappa shape index (κ2) is 3.87. The lowest BCUT2D eigenvalue weighted by atomic mass is 10.2. The summed E-state index contributed by atoms with van der Waals surface area (Å²) in [5.41, 5.74) is 1.96. The molecule has 4 nitrogen and oxygen atoms in total. The van der Waals surface area contributed by atoms with Gasteiger partial charge in [-0.25, -0.2) is 9.67 Å². The lowest BCUT2D eigenvalue weighted by Crippen LogP contribution is -2.19. The highest BCUT2D eigenvalue weighted by atomic mass is 16.5. The summed E-state index contributed by atoms with van der Waals surface area (Å²) in [7, 11) is 0. The number of ether oxygens (including phenoxy) is 1. The van der Waals surface area contributed by atoms with Gasteiger partial charge in [-0.15, -0.1) is 0 Å². The second-order valence-electron chi connectivity index (χ2n) is 4.23. The molecule has 1 aliphatic rings. The van der Waals surface area contributed by atoms with Gasteiger partial charge in [0.25, 0.3) is 0 Å². The standard InChI is InChI=1S/C12H15N3O/c1-9-10-5-4-7-13-12(10)15(14-9)11-6-2-3-8-16-11/h4-5,7,11H,2-3,6,8H2,1H3. The van der Waals surface area contributed by atoms with Gasteiger partial charge < -0.3 is 4.74 Å². The van der Waals surface area contributed by atoms with Crippen LogP contribution in [0.2, 0.25) is 0 Å². The monoisotopic (exact) mass is 217 g/mol. The summed E-state index contributed by atoms with van der Waals surface area (Å²) in [6, 6.07) is 4.01. The van der Waals surface area contributed by atoms with E-state index in [0.717, 1.165) is 36.2 Å². The second-order valence-corrected chi connectivity index (χ2v) is 4.23. The third-order valence-electron chi connectivity index (χ3n) is 3.08. The van der Waals surface area contributed by atoms with Crippen LogP contribution in [0.3, 0.4) is 0 Å². The van der Waals surface area contributed by atoms with E-state index in [1.165, 1.54) is 6.42 Å². The Labute approximate surface area is 94.2 Å². The van der Waals surface area contributed by atoms with Crippen LogP contribution in [0.25, 0.3) is 11.0 Å². The first-order valence-corrected chi connectivity index (χ1v) is 5.78. The fourth-order valence-corrected chi connectivity index (χ4v) is 2.24. The van der Waals surface area contributed by atoms with Gasteiger partial charge in [0.15, 0.2) is 11.9 Å². The summed E-state index contributed by atoms with van der Waals surface area (Å²) in [5.74, 6) is 0. The highest BCUT2D eigenvalue weighted by Crippen LogP contribution is 2.26. The number of fused-ring (bicyclic) bond motifs is 1. The van der Waals surface area contributed by atoms with Crippen LogP contribution in [0, 0.1) is 6.92 Å². The molecule has 2 aromatic heterocycles. The van der Waals surface area contributed by atoms with E-state index in [4.69, 9.17) is 4.74 Å². The molecule has 84 valence electrons. The Kier molecular flexibility index (Phi) is 2.36. The minimum Gasteiger partial charge on any atom is -0.356 e. The highest BCUT2D eigenvalue weighted by molar-refractivity contribution is 5.77. The molecule has 1 fully saturated rings. The van der Waals surface area contributed by atoms with Crippen molar-refractivity contribution in [3.63, 3.8) is 0 Å². The van der Waals surface area contributed by atoms with Crippen molar-refractivity contribution in [1.29, 1.82) is 0 Å². The van der Waals surface area contributed by atoms with Gasteiger partial charge in [-0.1, -0.05) is 0 Å². The van der Waals surface area contributed by atoms with E-state index in [9.17, 15) is 0 Å². The molecular weight excluding hydrogens is 202 g/mol. The average molecular weight is 217 g/mol. The summed E-state index contributed by atoms with van der Waals surface area (Å²) in [5, 5.41) is 5.66. The largest absolute Gasteiger partial charge is 0.356 e. The molecule has 1 saturated heterocycles. The Morgan fingerprint density at radius 3 is 3.19 bits per heavy atom. The number of rotatable bonds is 1. The third kappa shape index (κ3) is 1.50. The van der Waals surface area contributed by atoms with Crippen LogP contribution in [0.4, 0.5) is 0 Å². The smallest absolute Gasteiger partial charge is 0.160 e. The van der Waals surface area contributed by atoms with Crippen molar-refractivity contribution in [3.8, 4) is 0 Å². The van der Waals surface area contributed by atoms with E-state index in [1.54, 1.807) is 0 Å². The SMILES string of the molecule is Cc1nn(C2CCCCO2)c2ncccc12. The van der Waals surface area contributed by atoms with Crippen molar-refractivity contribution in [1.82, 2.24) is 14.8 Å². The summed E-state index contributed by atoms with van der Waals surface area (Å²) >= 11 is 0. The van der Waals surface area contributed by atoms with Crippen molar-refractivity contribution >= 4 is 11.0 Å². The number of nitrogens with zero attached hydrogens (tertiary/aromatic N) is 3. The molecule has 0 N–H and O–H groups in total. The molecular formula is C12H15N3O. The van der Waals surface area contributed by atoms with Crippen molar-refractivity contribution in [2.45, 2.75) is 32.4 Å².